The first-order valence-electron chi connectivity index (χ1n) is 5.02. The van der Waals surface area contributed by atoms with Gasteiger partial charge in [-0.2, -0.15) is 13.2 Å². The second-order valence-corrected chi connectivity index (χ2v) is 3.49. The van der Waals surface area contributed by atoms with Crippen molar-refractivity contribution in [3.63, 3.8) is 0 Å². The highest BCUT2D eigenvalue weighted by Crippen LogP contribution is 2.33. The molecule has 7 heteroatoms. The molecule has 0 saturated heterocycles. The van der Waals surface area contributed by atoms with Crippen LogP contribution in [0.2, 0.25) is 0 Å². The van der Waals surface area contributed by atoms with Gasteiger partial charge in [0.1, 0.15) is 11.6 Å². The molecular weight excluding hydrogens is 256 g/mol. The molecule has 1 aromatic carbocycles. The summed E-state index contributed by atoms with van der Waals surface area (Å²) in [5, 5.41) is 8.69. The van der Waals surface area contributed by atoms with Gasteiger partial charge in [0.2, 0.25) is 0 Å². The monoisotopic (exact) mass is 266 g/mol. The van der Waals surface area contributed by atoms with E-state index in [1.165, 1.54) is 6.92 Å². The summed E-state index contributed by atoms with van der Waals surface area (Å²) in [6.07, 6.45) is -5.90. The van der Waals surface area contributed by atoms with Crippen LogP contribution in [-0.4, -0.2) is 17.2 Å². The highest BCUT2D eigenvalue weighted by molar-refractivity contribution is 5.72. The Hall–Kier alpha value is -1.79. The first kappa shape index (κ1) is 14.3. The van der Waals surface area contributed by atoms with Gasteiger partial charge in [-0.15, -0.1) is 0 Å². The normalized spacial score (nSPS) is 13.2. The number of benzene rings is 1. The number of carbonyl (C=O) groups is 1. The molecule has 1 atom stereocenters. The second-order valence-electron chi connectivity index (χ2n) is 3.49. The fourth-order valence-corrected chi connectivity index (χ4v) is 1.27. The fraction of sp³-hybridized carbons (Fsp3) is 0.364. The van der Waals surface area contributed by atoms with Crippen LogP contribution in [0.25, 0.3) is 0 Å². The topological polar surface area (TPSA) is 46.5 Å². The van der Waals surface area contributed by atoms with Crippen molar-refractivity contribution in [2.75, 3.05) is 0 Å². The Morgan fingerprint density at radius 3 is 2.44 bits per heavy atom. The second kappa shape index (κ2) is 5.24. The number of carboxylic acid groups (broad SMARTS) is 1. The summed E-state index contributed by atoms with van der Waals surface area (Å²) in [5.41, 5.74) is -1.42. The van der Waals surface area contributed by atoms with Gasteiger partial charge in [-0.25, -0.2) is 9.18 Å². The van der Waals surface area contributed by atoms with Crippen LogP contribution in [0, 0.1) is 5.82 Å². The Morgan fingerprint density at radius 2 is 2.06 bits per heavy atom. The molecular formula is C11H10F4O3. The van der Waals surface area contributed by atoms with Crippen molar-refractivity contribution in [2.45, 2.75) is 25.6 Å². The quantitative estimate of drug-likeness (QED) is 0.852. The van der Waals surface area contributed by atoms with Crippen molar-refractivity contribution in [3.8, 4) is 5.75 Å². The van der Waals surface area contributed by atoms with E-state index < -0.39 is 29.6 Å². The third kappa shape index (κ3) is 3.35. The van der Waals surface area contributed by atoms with Gasteiger partial charge in [0, 0.05) is 6.07 Å². The predicted molar refractivity (Wildman–Crippen MR) is 53.7 cm³/mol. The Bertz CT molecular complexity index is 442. The molecule has 0 bridgehead atoms. The highest BCUT2D eigenvalue weighted by Gasteiger charge is 2.34. The summed E-state index contributed by atoms with van der Waals surface area (Å²) >= 11 is 0. The number of rotatable bonds is 4. The number of alkyl halides is 3. The fourth-order valence-electron chi connectivity index (χ4n) is 1.27. The SMILES string of the molecule is CC[C@H](Oc1ccc(C(F)(F)F)c(F)c1)C(=O)O. The van der Waals surface area contributed by atoms with Crippen LogP contribution in [0.15, 0.2) is 18.2 Å². The Kier molecular flexibility index (Phi) is 4.15. The van der Waals surface area contributed by atoms with Gasteiger partial charge in [0.15, 0.2) is 6.10 Å². The molecule has 1 rings (SSSR count). The van der Waals surface area contributed by atoms with E-state index in [1.807, 2.05) is 0 Å². The molecule has 0 saturated carbocycles. The molecule has 0 unspecified atom stereocenters. The zero-order chi connectivity index (χ0) is 13.9. The van der Waals surface area contributed by atoms with Gasteiger partial charge in [0.25, 0.3) is 0 Å². The average molecular weight is 266 g/mol. The van der Waals surface area contributed by atoms with Crippen molar-refractivity contribution < 1.29 is 32.2 Å². The minimum Gasteiger partial charge on any atom is -0.479 e. The number of halogens is 4. The van der Waals surface area contributed by atoms with Crippen LogP contribution in [0.1, 0.15) is 18.9 Å². The lowest BCUT2D eigenvalue weighted by atomic mass is 10.2. The third-order valence-electron chi connectivity index (χ3n) is 2.17. The highest BCUT2D eigenvalue weighted by atomic mass is 19.4. The zero-order valence-corrected chi connectivity index (χ0v) is 9.29. The van der Waals surface area contributed by atoms with Crippen LogP contribution >= 0.6 is 0 Å². The predicted octanol–water partition coefficient (Wildman–Crippen LogP) is 3.09. The lowest BCUT2D eigenvalue weighted by Crippen LogP contribution is -2.26. The molecule has 0 aliphatic carbocycles. The molecule has 1 N–H and O–H groups in total. The lowest BCUT2D eigenvalue weighted by molar-refractivity contribution is -0.145. The Balaban J connectivity index is 2.95. The van der Waals surface area contributed by atoms with Gasteiger partial charge in [0.05, 0.1) is 5.56 Å². The molecule has 0 radical (unpaired) electrons. The smallest absolute Gasteiger partial charge is 0.419 e. The van der Waals surface area contributed by atoms with Crippen LogP contribution in [-0.2, 0) is 11.0 Å². The first-order valence-corrected chi connectivity index (χ1v) is 5.02. The van der Waals surface area contributed by atoms with Gasteiger partial charge in [-0.1, -0.05) is 6.92 Å². The Labute approximate surface area is 100.0 Å². The molecule has 0 amide bonds. The maximum Gasteiger partial charge on any atom is 0.419 e. The molecule has 0 aromatic heterocycles. The van der Waals surface area contributed by atoms with E-state index in [4.69, 9.17) is 9.84 Å². The molecule has 0 heterocycles. The Morgan fingerprint density at radius 1 is 1.44 bits per heavy atom. The van der Waals surface area contributed by atoms with E-state index in [0.29, 0.717) is 12.1 Å². The van der Waals surface area contributed by atoms with E-state index >= 15 is 0 Å². The number of hydrogen-bond donors (Lipinski definition) is 1. The van der Waals surface area contributed by atoms with Gasteiger partial charge < -0.3 is 9.84 Å². The van der Waals surface area contributed by atoms with Crippen molar-refractivity contribution in [1.29, 1.82) is 0 Å². The molecule has 0 aliphatic rings. The van der Waals surface area contributed by atoms with Crippen LogP contribution in [0.3, 0.4) is 0 Å². The van der Waals surface area contributed by atoms with Crippen molar-refractivity contribution >= 4 is 5.97 Å². The van der Waals surface area contributed by atoms with Gasteiger partial charge in [-0.3, -0.25) is 0 Å². The summed E-state index contributed by atoms with van der Waals surface area (Å²) in [6, 6.07) is 1.92. The summed E-state index contributed by atoms with van der Waals surface area (Å²) in [5.74, 6) is -3.02. The first-order chi connectivity index (χ1) is 8.25. The summed E-state index contributed by atoms with van der Waals surface area (Å²) in [4.78, 5) is 10.6. The van der Waals surface area contributed by atoms with E-state index in [0.717, 1.165) is 6.07 Å². The van der Waals surface area contributed by atoms with E-state index in [-0.39, 0.29) is 12.2 Å². The average Bonchev–Trinajstić information content (AvgIpc) is 2.23. The van der Waals surface area contributed by atoms with E-state index in [9.17, 15) is 22.4 Å². The van der Waals surface area contributed by atoms with E-state index in [1.54, 1.807) is 0 Å². The molecule has 0 fully saturated rings. The van der Waals surface area contributed by atoms with Crippen LogP contribution < -0.4 is 4.74 Å². The van der Waals surface area contributed by atoms with Gasteiger partial charge in [-0.05, 0) is 18.6 Å². The number of aliphatic carboxylic acids is 1. The minimum atomic E-state index is -4.79. The van der Waals surface area contributed by atoms with Crippen LogP contribution in [0.4, 0.5) is 17.6 Å². The molecule has 100 valence electrons. The summed E-state index contributed by atoms with van der Waals surface area (Å²) < 4.78 is 54.8. The molecule has 0 aliphatic heterocycles. The third-order valence-corrected chi connectivity index (χ3v) is 2.17. The van der Waals surface area contributed by atoms with Crippen molar-refractivity contribution in [2.24, 2.45) is 0 Å². The summed E-state index contributed by atoms with van der Waals surface area (Å²) in [6.45, 7) is 1.53. The number of hydrogen-bond acceptors (Lipinski definition) is 2. The standard InChI is InChI=1S/C11H10F4O3/c1-2-9(10(16)17)18-6-3-4-7(8(12)5-6)11(13,14)15/h3-5,9H,2H2,1H3,(H,16,17)/t9-/m0/s1. The molecule has 1 aromatic rings. The molecule has 18 heavy (non-hydrogen) atoms. The van der Waals surface area contributed by atoms with Crippen LogP contribution in [0.5, 0.6) is 5.75 Å². The summed E-state index contributed by atoms with van der Waals surface area (Å²) in [7, 11) is 0. The van der Waals surface area contributed by atoms with Crippen molar-refractivity contribution in [3.05, 3.63) is 29.6 Å². The number of ether oxygens (including phenoxy) is 1. The zero-order valence-electron chi connectivity index (χ0n) is 9.29. The minimum absolute atomic E-state index is 0.109. The molecule has 0 spiro atoms. The maximum absolute atomic E-state index is 13.2. The van der Waals surface area contributed by atoms with Crippen molar-refractivity contribution in [1.82, 2.24) is 0 Å². The molecule has 3 nitrogen and oxygen atoms in total. The lowest BCUT2D eigenvalue weighted by Gasteiger charge is -2.14. The number of carboxylic acids is 1. The van der Waals surface area contributed by atoms with E-state index in [2.05, 4.69) is 0 Å². The maximum atomic E-state index is 13.2. The largest absolute Gasteiger partial charge is 0.479 e. The van der Waals surface area contributed by atoms with Gasteiger partial charge >= 0.3 is 12.1 Å².